The lowest BCUT2D eigenvalue weighted by Crippen LogP contribution is -2.52. The van der Waals surface area contributed by atoms with Crippen molar-refractivity contribution in [1.29, 1.82) is 0 Å². The normalized spacial score (nSPS) is 21.0. The molecule has 2 aliphatic rings. The Morgan fingerprint density at radius 2 is 1.88 bits per heavy atom. The van der Waals surface area contributed by atoms with Crippen LogP contribution in [-0.2, 0) is 0 Å². The van der Waals surface area contributed by atoms with Crippen LogP contribution in [0.15, 0.2) is 12.6 Å². The van der Waals surface area contributed by atoms with Crippen LogP contribution >= 0.6 is 0 Å². The van der Waals surface area contributed by atoms with Crippen LogP contribution in [0.3, 0.4) is 0 Å². The SMILES string of the molecule is C=Cc1cc(N)c(OC)nc1N1CCC(N2CCN(C)CC2)CC1. The number of piperidine rings is 1. The van der Waals surface area contributed by atoms with Gasteiger partial charge in [-0.3, -0.25) is 4.90 Å². The fourth-order valence-corrected chi connectivity index (χ4v) is 3.72. The maximum absolute atomic E-state index is 5.97. The Labute approximate surface area is 144 Å². The predicted molar refractivity (Wildman–Crippen MR) is 99.6 cm³/mol. The first kappa shape index (κ1) is 17.0. The Hall–Kier alpha value is -1.79. The molecule has 3 heterocycles. The lowest BCUT2D eigenvalue weighted by Gasteiger charge is -2.42. The zero-order chi connectivity index (χ0) is 17.1. The highest BCUT2D eigenvalue weighted by Crippen LogP contribution is 2.30. The van der Waals surface area contributed by atoms with E-state index < -0.39 is 0 Å². The molecule has 0 spiro atoms. The summed E-state index contributed by atoms with van der Waals surface area (Å²) >= 11 is 0. The Morgan fingerprint density at radius 1 is 1.21 bits per heavy atom. The summed E-state index contributed by atoms with van der Waals surface area (Å²) in [4.78, 5) is 12.0. The van der Waals surface area contributed by atoms with Crippen LogP contribution in [0.4, 0.5) is 11.5 Å². The van der Waals surface area contributed by atoms with Crippen molar-refractivity contribution in [2.75, 3.05) is 64.1 Å². The summed E-state index contributed by atoms with van der Waals surface area (Å²) in [6.45, 7) is 10.7. The van der Waals surface area contributed by atoms with Crippen molar-refractivity contribution < 1.29 is 4.74 Å². The summed E-state index contributed by atoms with van der Waals surface area (Å²) in [7, 11) is 3.81. The van der Waals surface area contributed by atoms with Crippen LogP contribution in [0, 0.1) is 0 Å². The van der Waals surface area contributed by atoms with Gasteiger partial charge in [0, 0.05) is 50.9 Å². The smallest absolute Gasteiger partial charge is 0.238 e. The average Bonchev–Trinajstić information content (AvgIpc) is 2.62. The molecule has 2 aliphatic heterocycles. The molecule has 1 aromatic rings. The van der Waals surface area contributed by atoms with Crippen molar-refractivity contribution in [3.05, 3.63) is 18.2 Å². The third-order valence-corrected chi connectivity index (χ3v) is 5.26. The molecule has 0 saturated carbocycles. The molecular weight excluding hydrogens is 302 g/mol. The number of rotatable bonds is 4. The number of aromatic nitrogens is 1. The van der Waals surface area contributed by atoms with Gasteiger partial charge in [0.25, 0.3) is 0 Å². The van der Waals surface area contributed by atoms with Crippen molar-refractivity contribution in [2.24, 2.45) is 0 Å². The van der Waals surface area contributed by atoms with E-state index in [9.17, 15) is 0 Å². The highest BCUT2D eigenvalue weighted by atomic mass is 16.5. The maximum atomic E-state index is 5.97. The molecule has 0 bridgehead atoms. The van der Waals surface area contributed by atoms with Gasteiger partial charge in [0.1, 0.15) is 5.82 Å². The van der Waals surface area contributed by atoms with Gasteiger partial charge in [-0.1, -0.05) is 12.7 Å². The number of methoxy groups -OCH3 is 1. The Balaban J connectivity index is 1.67. The van der Waals surface area contributed by atoms with Gasteiger partial charge < -0.3 is 20.3 Å². The minimum Gasteiger partial charge on any atom is -0.479 e. The van der Waals surface area contributed by atoms with Crippen LogP contribution in [0.2, 0.25) is 0 Å². The van der Waals surface area contributed by atoms with Gasteiger partial charge in [-0.15, -0.1) is 0 Å². The first-order chi connectivity index (χ1) is 11.6. The number of piperazine rings is 1. The fourth-order valence-electron chi connectivity index (χ4n) is 3.72. The lowest BCUT2D eigenvalue weighted by molar-refractivity contribution is 0.0981. The van der Waals surface area contributed by atoms with Crippen molar-refractivity contribution in [3.8, 4) is 5.88 Å². The predicted octanol–water partition coefficient (Wildman–Crippen LogP) is 1.53. The number of anilines is 2. The van der Waals surface area contributed by atoms with Crippen LogP contribution in [-0.4, -0.2) is 74.3 Å². The van der Waals surface area contributed by atoms with Crippen molar-refractivity contribution in [2.45, 2.75) is 18.9 Å². The molecule has 0 aromatic carbocycles. The molecule has 2 fully saturated rings. The number of ether oxygens (including phenoxy) is 1. The molecule has 3 rings (SSSR count). The molecule has 132 valence electrons. The van der Waals surface area contributed by atoms with Gasteiger partial charge in [-0.2, -0.15) is 4.98 Å². The number of nitrogen functional groups attached to an aromatic ring is 1. The van der Waals surface area contributed by atoms with E-state index in [2.05, 4.69) is 33.3 Å². The summed E-state index contributed by atoms with van der Waals surface area (Å²) in [6.07, 6.45) is 4.17. The van der Waals surface area contributed by atoms with E-state index >= 15 is 0 Å². The van der Waals surface area contributed by atoms with Crippen LogP contribution < -0.4 is 15.4 Å². The Morgan fingerprint density at radius 3 is 2.46 bits per heavy atom. The molecule has 0 aliphatic carbocycles. The third-order valence-electron chi connectivity index (χ3n) is 5.26. The summed E-state index contributed by atoms with van der Waals surface area (Å²) in [5, 5.41) is 0. The van der Waals surface area contributed by atoms with E-state index in [1.165, 1.54) is 39.0 Å². The van der Waals surface area contributed by atoms with Crippen LogP contribution in [0.5, 0.6) is 5.88 Å². The number of nitrogens with zero attached hydrogens (tertiary/aromatic N) is 4. The van der Waals surface area contributed by atoms with Crippen molar-refractivity contribution in [3.63, 3.8) is 0 Å². The molecule has 0 unspecified atom stereocenters. The van der Waals surface area contributed by atoms with E-state index in [4.69, 9.17) is 10.5 Å². The quantitative estimate of drug-likeness (QED) is 0.903. The zero-order valence-corrected chi connectivity index (χ0v) is 14.9. The molecule has 0 amide bonds. The second-order valence-electron chi connectivity index (χ2n) is 6.76. The molecule has 0 radical (unpaired) electrons. The molecule has 6 heteroatoms. The second kappa shape index (κ2) is 7.40. The lowest BCUT2D eigenvalue weighted by atomic mass is 10.0. The summed E-state index contributed by atoms with van der Waals surface area (Å²) < 4.78 is 5.29. The van der Waals surface area contributed by atoms with E-state index in [1.807, 2.05) is 12.1 Å². The number of hydrogen-bond acceptors (Lipinski definition) is 6. The van der Waals surface area contributed by atoms with Gasteiger partial charge in [0.15, 0.2) is 0 Å². The molecule has 24 heavy (non-hydrogen) atoms. The van der Waals surface area contributed by atoms with Crippen LogP contribution in [0.25, 0.3) is 6.08 Å². The monoisotopic (exact) mass is 331 g/mol. The Bertz CT molecular complexity index is 575. The maximum Gasteiger partial charge on any atom is 0.238 e. The molecule has 1 aromatic heterocycles. The summed E-state index contributed by atoms with van der Waals surface area (Å²) in [5.74, 6) is 1.43. The topological polar surface area (TPSA) is 57.9 Å². The summed E-state index contributed by atoms with van der Waals surface area (Å²) in [5.41, 5.74) is 7.51. The van der Waals surface area contributed by atoms with Crippen molar-refractivity contribution in [1.82, 2.24) is 14.8 Å². The number of likely N-dealkylation sites (N-methyl/N-ethyl adjacent to an activating group) is 1. The van der Waals surface area contributed by atoms with Gasteiger partial charge in [0.05, 0.1) is 12.8 Å². The van der Waals surface area contributed by atoms with E-state index in [0.29, 0.717) is 17.6 Å². The molecule has 2 N–H and O–H groups in total. The van der Waals surface area contributed by atoms with Gasteiger partial charge in [0.2, 0.25) is 5.88 Å². The van der Waals surface area contributed by atoms with Gasteiger partial charge >= 0.3 is 0 Å². The molecule has 2 saturated heterocycles. The van der Waals surface area contributed by atoms with Crippen molar-refractivity contribution >= 4 is 17.6 Å². The van der Waals surface area contributed by atoms with E-state index in [0.717, 1.165) is 24.5 Å². The Kier molecular flexibility index (Phi) is 5.26. The van der Waals surface area contributed by atoms with Crippen LogP contribution in [0.1, 0.15) is 18.4 Å². The number of hydrogen-bond donors (Lipinski definition) is 1. The zero-order valence-electron chi connectivity index (χ0n) is 14.9. The van der Waals surface area contributed by atoms with E-state index in [1.54, 1.807) is 7.11 Å². The first-order valence-corrected chi connectivity index (χ1v) is 8.77. The molecule has 6 nitrogen and oxygen atoms in total. The highest BCUT2D eigenvalue weighted by molar-refractivity contribution is 5.69. The van der Waals surface area contributed by atoms with Gasteiger partial charge in [-0.25, -0.2) is 0 Å². The average molecular weight is 331 g/mol. The molecular formula is C18H29N5O. The highest BCUT2D eigenvalue weighted by Gasteiger charge is 2.28. The number of nitrogens with two attached hydrogens (primary N) is 1. The first-order valence-electron chi connectivity index (χ1n) is 8.77. The second-order valence-corrected chi connectivity index (χ2v) is 6.76. The summed E-state index contributed by atoms with van der Waals surface area (Å²) in [6, 6.07) is 2.60. The van der Waals surface area contributed by atoms with E-state index in [-0.39, 0.29) is 0 Å². The third kappa shape index (κ3) is 3.49. The standard InChI is InChI=1S/C18H29N5O/c1-4-14-13-16(19)18(24-3)20-17(14)23-7-5-15(6-8-23)22-11-9-21(2)10-12-22/h4,13,15H,1,5-12,19H2,2-3H3. The minimum absolute atomic E-state index is 0.497. The fraction of sp³-hybridized carbons (Fsp3) is 0.611. The molecule has 0 atom stereocenters. The minimum atomic E-state index is 0.497. The number of pyridine rings is 1. The van der Waals surface area contributed by atoms with Gasteiger partial charge in [-0.05, 0) is 26.0 Å². The largest absolute Gasteiger partial charge is 0.479 e.